The van der Waals surface area contributed by atoms with Crippen molar-refractivity contribution in [2.45, 2.75) is 57.4 Å². The van der Waals surface area contributed by atoms with Gasteiger partial charge in [0.1, 0.15) is 5.82 Å². The number of anilines is 1. The second-order valence-corrected chi connectivity index (χ2v) is 7.50. The maximum absolute atomic E-state index is 12.4. The molecular formula is C21H25N3O3. The lowest BCUT2D eigenvalue weighted by Gasteiger charge is -2.28. The largest absolute Gasteiger partial charge is 0.465 e. The number of methoxy groups -OCH3 is 1. The SMILES string of the molecule is COC(=O)c1ccc(C2CC(=O)Nc3c2c(C)nn3C2CCCCC2)cc1. The predicted octanol–water partition coefficient (Wildman–Crippen LogP) is 3.96. The van der Waals surface area contributed by atoms with Crippen LogP contribution in [0.1, 0.15) is 77.7 Å². The minimum atomic E-state index is -0.357. The minimum absolute atomic E-state index is 0.0153. The van der Waals surface area contributed by atoms with E-state index in [1.54, 1.807) is 12.1 Å². The second-order valence-electron chi connectivity index (χ2n) is 7.50. The Kier molecular flexibility index (Phi) is 4.72. The smallest absolute Gasteiger partial charge is 0.337 e. The van der Waals surface area contributed by atoms with Crippen molar-refractivity contribution in [2.75, 3.05) is 12.4 Å². The Bertz CT molecular complexity index is 864. The van der Waals surface area contributed by atoms with Crippen LogP contribution in [-0.2, 0) is 9.53 Å². The van der Waals surface area contributed by atoms with E-state index in [0.717, 1.165) is 35.5 Å². The number of fused-ring (bicyclic) bond motifs is 1. The van der Waals surface area contributed by atoms with Gasteiger partial charge in [0, 0.05) is 17.9 Å². The van der Waals surface area contributed by atoms with Crippen LogP contribution < -0.4 is 5.32 Å². The topological polar surface area (TPSA) is 73.2 Å². The Hall–Kier alpha value is -2.63. The summed E-state index contributed by atoms with van der Waals surface area (Å²) in [5, 5.41) is 7.89. The van der Waals surface area contributed by atoms with Crippen LogP contribution in [-0.4, -0.2) is 28.8 Å². The molecule has 142 valence electrons. The summed E-state index contributed by atoms with van der Waals surface area (Å²) in [5.41, 5.74) is 3.60. The Morgan fingerprint density at radius 2 is 1.89 bits per heavy atom. The van der Waals surface area contributed by atoms with Gasteiger partial charge < -0.3 is 10.1 Å². The van der Waals surface area contributed by atoms with E-state index >= 15 is 0 Å². The third-order valence-corrected chi connectivity index (χ3v) is 5.78. The summed E-state index contributed by atoms with van der Waals surface area (Å²) in [5.74, 6) is 0.474. The first-order valence-corrected chi connectivity index (χ1v) is 9.65. The van der Waals surface area contributed by atoms with E-state index in [0.29, 0.717) is 18.0 Å². The number of nitrogens with one attached hydrogen (secondary N) is 1. The number of benzene rings is 1. The summed E-state index contributed by atoms with van der Waals surface area (Å²) in [6.07, 6.45) is 6.32. The van der Waals surface area contributed by atoms with E-state index < -0.39 is 0 Å². The van der Waals surface area contributed by atoms with Gasteiger partial charge in [-0.15, -0.1) is 0 Å². The summed E-state index contributed by atoms with van der Waals surface area (Å²) < 4.78 is 6.82. The fourth-order valence-electron chi connectivity index (χ4n) is 4.42. The fourth-order valence-corrected chi connectivity index (χ4v) is 4.42. The molecule has 6 nitrogen and oxygen atoms in total. The molecule has 1 atom stereocenters. The van der Waals surface area contributed by atoms with Gasteiger partial charge in [-0.25, -0.2) is 9.48 Å². The number of hydrogen-bond donors (Lipinski definition) is 1. The van der Waals surface area contributed by atoms with Crippen molar-refractivity contribution in [1.82, 2.24) is 9.78 Å². The van der Waals surface area contributed by atoms with Crippen LogP contribution in [0.2, 0.25) is 0 Å². The zero-order chi connectivity index (χ0) is 19.0. The number of ether oxygens (including phenoxy) is 1. The van der Waals surface area contributed by atoms with E-state index in [1.165, 1.54) is 26.4 Å². The number of amides is 1. The summed E-state index contributed by atoms with van der Waals surface area (Å²) in [4.78, 5) is 24.1. The monoisotopic (exact) mass is 367 g/mol. The molecule has 2 heterocycles. The van der Waals surface area contributed by atoms with Crippen LogP contribution in [0.25, 0.3) is 0 Å². The van der Waals surface area contributed by atoms with Crippen molar-refractivity contribution in [3.05, 3.63) is 46.6 Å². The van der Waals surface area contributed by atoms with Crippen LogP contribution in [0.3, 0.4) is 0 Å². The molecule has 4 rings (SSSR count). The average Bonchev–Trinajstić information content (AvgIpc) is 3.04. The molecule has 6 heteroatoms. The lowest BCUT2D eigenvalue weighted by Crippen LogP contribution is -2.26. The molecule has 1 aliphatic heterocycles. The van der Waals surface area contributed by atoms with Gasteiger partial charge in [0.25, 0.3) is 0 Å². The molecule has 0 saturated heterocycles. The van der Waals surface area contributed by atoms with E-state index in [2.05, 4.69) is 10.00 Å². The molecule has 1 N–H and O–H groups in total. The predicted molar refractivity (Wildman–Crippen MR) is 102 cm³/mol. The number of aromatic nitrogens is 2. The van der Waals surface area contributed by atoms with Crippen LogP contribution >= 0.6 is 0 Å². The van der Waals surface area contributed by atoms with Crippen molar-refractivity contribution in [2.24, 2.45) is 0 Å². The first-order valence-electron chi connectivity index (χ1n) is 9.65. The molecule has 1 saturated carbocycles. The minimum Gasteiger partial charge on any atom is -0.465 e. The molecule has 1 aliphatic carbocycles. The van der Waals surface area contributed by atoms with Gasteiger partial charge in [0.05, 0.1) is 24.4 Å². The number of carbonyl (C=O) groups is 2. The van der Waals surface area contributed by atoms with Gasteiger partial charge in [-0.3, -0.25) is 4.79 Å². The lowest BCUT2D eigenvalue weighted by atomic mass is 9.85. The maximum Gasteiger partial charge on any atom is 0.337 e. The molecule has 1 aromatic carbocycles. The number of esters is 1. The molecule has 0 bridgehead atoms. The van der Waals surface area contributed by atoms with Gasteiger partial charge in [-0.1, -0.05) is 31.4 Å². The highest BCUT2D eigenvalue weighted by Gasteiger charge is 2.34. The zero-order valence-electron chi connectivity index (χ0n) is 15.8. The molecule has 1 unspecified atom stereocenters. The third-order valence-electron chi connectivity index (χ3n) is 5.78. The van der Waals surface area contributed by atoms with Crippen molar-refractivity contribution in [3.63, 3.8) is 0 Å². The Balaban J connectivity index is 1.71. The molecule has 0 spiro atoms. The molecule has 2 aromatic rings. The van der Waals surface area contributed by atoms with E-state index in [1.807, 2.05) is 19.1 Å². The van der Waals surface area contributed by atoms with Crippen molar-refractivity contribution < 1.29 is 14.3 Å². The van der Waals surface area contributed by atoms with Crippen molar-refractivity contribution in [3.8, 4) is 0 Å². The quantitative estimate of drug-likeness (QED) is 0.834. The van der Waals surface area contributed by atoms with Crippen molar-refractivity contribution >= 4 is 17.7 Å². The summed E-state index contributed by atoms with van der Waals surface area (Å²) in [6, 6.07) is 7.71. The van der Waals surface area contributed by atoms with Gasteiger partial charge in [-0.05, 0) is 37.5 Å². The van der Waals surface area contributed by atoms with Gasteiger partial charge in [-0.2, -0.15) is 5.10 Å². The van der Waals surface area contributed by atoms with Crippen LogP contribution in [0.5, 0.6) is 0 Å². The van der Waals surface area contributed by atoms with E-state index in [-0.39, 0.29) is 17.8 Å². The third kappa shape index (κ3) is 3.24. The van der Waals surface area contributed by atoms with E-state index in [4.69, 9.17) is 9.84 Å². The molecule has 1 fully saturated rings. The van der Waals surface area contributed by atoms with Crippen LogP contribution in [0.4, 0.5) is 5.82 Å². The normalized spacial score (nSPS) is 20.1. The highest BCUT2D eigenvalue weighted by molar-refractivity contribution is 5.95. The highest BCUT2D eigenvalue weighted by Crippen LogP contribution is 2.42. The Labute approximate surface area is 158 Å². The number of rotatable bonds is 3. The summed E-state index contributed by atoms with van der Waals surface area (Å²) >= 11 is 0. The molecule has 27 heavy (non-hydrogen) atoms. The molecule has 2 aliphatic rings. The summed E-state index contributed by atoms with van der Waals surface area (Å²) in [7, 11) is 1.37. The molecule has 1 amide bonds. The molecule has 1 aromatic heterocycles. The fraction of sp³-hybridized carbons (Fsp3) is 0.476. The molecular weight excluding hydrogens is 342 g/mol. The maximum atomic E-state index is 12.4. The first kappa shape index (κ1) is 17.8. The Morgan fingerprint density at radius 3 is 2.56 bits per heavy atom. The van der Waals surface area contributed by atoms with Gasteiger partial charge in [0.15, 0.2) is 0 Å². The van der Waals surface area contributed by atoms with E-state index in [9.17, 15) is 9.59 Å². The lowest BCUT2D eigenvalue weighted by molar-refractivity contribution is -0.116. The standard InChI is InChI=1S/C21H25N3O3/c1-13-19-17(14-8-10-15(11-9-14)21(26)27-2)12-18(25)22-20(19)24(23-13)16-6-4-3-5-7-16/h8-11,16-17H,3-7,12H2,1-2H3,(H,22,25). The first-order chi connectivity index (χ1) is 13.1. The summed E-state index contributed by atoms with van der Waals surface area (Å²) in [6.45, 7) is 2.02. The number of nitrogens with zero attached hydrogens (tertiary/aromatic N) is 2. The zero-order valence-corrected chi connectivity index (χ0v) is 15.8. The van der Waals surface area contributed by atoms with Crippen LogP contribution in [0, 0.1) is 6.92 Å². The Morgan fingerprint density at radius 1 is 1.19 bits per heavy atom. The van der Waals surface area contributed by atoms with Gasteiger partial charge >= 0.3 is 5.97 Å². The second kappa shape index (κ2) is 7.18. The average molecular weight is 367 g/mol. The molecule has 0 radical (unpaired) electrons. The number of hydrogen-bond acceptors (Lipinski definition) is 4. The van der Waals surface area contributed by atoms with Crippen molar-refractivity contribution in [1.29, 1.82) is 0 Å². The number of carbonyl (C=O) groups excluding carboxylic acids is 2. The van der Waals surface area contributed by atoms with Crippen LogP contribution in [0.15, 0.2) is 24.3 Å². The highest BCUT2D eigenvalue weighted by atomic mass is 16.5. The van der Waals surface area contributed by atoms with Gasteiger partial charge in [0.2, 0.25) is 5.91 Å². The number of aryl methyl sites for hydroxylation is 1.